The van der Waals surface area contributed by atoms with Crippen LogP contribution in [0.1, 0.15) is 18.1 Å². The zero-order valence-corrected chi connectivity index (χ0v) is 19.5. The van der Waals surface area contributed by atoms with Gasteiger partial charge in [-0.2, -0.15) is 0 Å². The van der Waals surface area contributed by atoms with Gasteiger partial charge in [0.2, 0.25) is 5.91 Å². The fraction of sp³-hybridized carbons (Fsp3) is 0.417. The number of hydrogen-bond donors (Lipinski definition) is 0. The number of hydrogen-bond acceptors (Lipinski definition) is 5. The highest BCUT2D eigenvalue weighted by Crippen LogP contribution is 2.36. The SMILES string of the molecule is CCc1ccc(N2C(=O)N(CC(=O)N3CCOc4ccc(C)cc43)[C@H]3CS(=O)(=O)C[C@@H]32)cc1. The molecular weight excluding hydrogens is 442 g/mol. The van der Waals surface area contributed by atoms with E-state index in [1.807, 2.05) is 56.3 Å². The number of ether oxygens (including phenoxy) is 1. The predicted molar refractivity (Wildman–Crippen MR) is 126 cm³/mol. The molecule has 2 aromatic rings. The predicted octanol–water partition coefficient (Wildman–Crippen LogP) is 2.39. The van der Waals surface area contributed by atoms with E-state index >= 15 is 0 Å². The lowest BCUT2D eigenvalue weighted by atomic mass is 10.1. The van der Waals surface area contributed by atoms with Crippen LogP contribution in [0.15, 0.2) is 42.5 Å². The highest BCUT2D eigenvalue weighted by atomic mass is 32.2. The molecule has 2 atom stereocenters. The maximum atomic E-state index is 13.5. The maximum Gasteiger partial charge on any atom is 0.325 e. The number of anilines is 2. The minimum atomic E-state index is -3.31. The van der Waals surface area contributed by atoms with E-state index in [9.17, 15) is 18.0 Å². The maximum absolute atomic E-state index is 13.5. The minimum Gasteiger partial charge on any atom is -0.490 e. The first-order valence-electron chi connectivity index (χ1n) is 11.2. The second-order valence-corrected chi connectivity index (χ2v) is 11.0. The summed E-state index contributed by atoms with van der Waals surface area (Å²) in [5, 5.41) is 0. The van der Waals surface area contributed by atoms with Gasteiger partial charge in [-0.1, -0.05) is 25.1 Å². The number of benzene rings is 2. The smallest absolute Gasteiger partial charge is 0.325 e. The number of aryl methyl sites for hydroxylation is 2. The zero-order valence-electron chi connectivity index (χ0n) is 18.7. The minimum absolute atomic E-state index is 0.0940. The van der Waals surface area contributed by atoms with Gasteiger partial charge in [0.25, 0.3) is 0 Å². The van der Waals surface area contributed by atoms with Crippen LogP contribution in [0.4, 0.5) is 16.2 Å². The molecule has 0 aliphatic carbocycles. The molecule has 9 heteroatoms. The fourth-order valence-corrected chi connectivity index (χ4v) is 6.92. The van der Waals surface area contributed by atoms with Crippen molar-refractivity contribution in [3.8, 4) is 5.75 Å². The van der Waals surface area contributed by atoms with Crippen molar-refractivity contribution in [1.82, 2.24) is 4.90 Å². The number of nitrogens with zero attached hydrogens (tertiary/aromatic N) is 3. The average Bonchev–Trinajstić information content (AvgIpc) is 3.23. The number of sulfone groups is 1. The summed E-state index contributed by atoms with van der Waals surface area (Å²) in [5.41, 5.74) is 3.47. The van der Waals surface area contributed by atoms with Crippen LogP contribution in [0.25, 0.3) is 0 Å². The number of carbonyl (C=O) groups excluding carboxylic acids is 2. The molecule has 2 fully saturated rings. The second kappa shape index (κ2) is 8.06. The fourth-order valence-electron chi connectivity index (χ4n) is 4.97. The van der Waals surface area contributed by atoms with Crippen LogP contribution in [0.2, 0.25) is 0 Å². The van der Waals surface area contributed by atoms with Gasteiger partial charge in [0.15, 0.2) is 9.84 Å². The molecule has 0 unspecified atom stereocenters. The quantitative estimate of drug-likeness (QED) is 0.642. The van der Waals surface area contributed by atoms with Gasteiger partial charge in [-0.25, -0.2) is 13.2 Å². The Kier molecular flexibility index (Phi) is 5.31. The first-order valence-corrected chi connectivity index (χ1v) is 13.0. The molecule has 2 saturated heterocycles. The molecule has 3 amide bonds. The Bertz CT molecular complexity index is 1210. The summed E-state index contributed by atoms with van der Waals surface area (Å²) in [6.45, 7) is 4.57. The van der Waals surface area contributed by atoms with Gasteiger partial charge in [-0.3, -0.25) is 9.69 Å². The third-order valence-corrected chi connectivity index (χ3v) is 8.38. The first kappa shape index (κ1) is 21.8. The molecule has 2 aromatic carbocycles. The van der Waals surface area contributed by atoms with Crippen molar-refractivity contribution in [1.29, 1.82) is 0 Å². The van der Waals surface area contributed by atoms with E-state index in [2.05, 4.69) is 0 Å². The molecular formula is C24H27N3O5S. The normalized spacial score (nSPS) is 23.3. The lowest BCUT2D eigenvalue weighted by molar-refractivity contribution is -0.119. The Morgan fingerprint density at radius 2 is 1.82 bits per heavy atom. The van der Waals surface area contributed by atoms with Gasteiger partial charge in [0.05, 0.1) is 35.8 Å². The van der Waals surface area contributed by atoms with Gasteiger partial charge < -0.3 is 14.5 Å². The summed E-state index contributed by atoms with van der Waals surface area (Å²) >= 11 is 0. The zero-order chi connectivity index (χ0) is 23.3. The van der Waals surface area contributed by atoms with E-state index in [4.69, 9.17) is 4.74 Å². The molecule has 3 aliphatic rings. The Hall–Kier alpha value is -3.07. The van der Waals surface area contributed by atoms with E-state index in [1.54, 1.807) is 9.80 Å². The van der Waals surface area contributed by atoms with Crippen molar-refractivity contribution in [3.63, 3.8) is 0 Å². The third-order valence-electron chi connectivity index (χ3n) is 6.68. The van der Waals surface area contributed by atoms with E-state index < -0.39 is 21.9 Å². The molecule has 0 aromatic heterocycles. The molecule has 5 rings (SSSR count). The molecule has 0 bridgehead atoms. The summed E-state index contributed by atoms with van der Waals surface area (Å²) in [5.74, 6) is 0.166. The molecule has 8 nitrogen and oxygen atoms in total. The topological polar surface area (TPSA) is 87.2 Å². The monoisotopic (exact) mass is 469 g/mol. The van der Waals surface area contributed by atoms with Crippen molar-refractivity contribution in [2.24, 2.45) is 0 Å². The number of amides is 3. The van der Waals surface area contributed by atoms with E-state index in [0.717, 1.165) is 17.5 Å². The van der Waals surface area contributed by atoms with E-state index in [1.165, 1.54) is 4.90 Å². The van der Waals surface area contributed by atoms with Crippen LogP contribution in [0.5, 0.6) is 5.75 Å². The van der Waals surface area contributed by atoms with E-state index in [-0.39, 0.29) is 30.0 Å². The Morgan fingerprint density at radius 1 is 1.09 bits per heavy atom. The Balaban J connectivity index is 1.44. The van der Waals surface area contributed by atoms with Gasteiger partial charge in [-0.15, -0.1) is 0 Å². The third kappa shape index (κ3) is 3.84. The lowest BCUT2D eigenvalue weighted by Crippen LogP contribution is -2.48. The van der Waals surface area contributed by atoms with Crippen LogP contribution >= 0.6 is 0 Å². The van der Waals surface area contributed by atoms with Crippen LogP contribution in [-0.4, -0.2) is 68.5 Å². The summed E-state index contributed by atoms with van der Waals surface area (Å²) in [4.78, 5) is 31.5. The highest BCUT2D eigenvalue weighted by molar-refractivity contribution is 7.91. The summed E-state index contributed by atoms with van der Waals surface area (Å²) in [6, 6.07) is 11.9. The number of carbonyl (C=O) groups is 2. The largest absolute Gasteiger partial charge is 0.490 e. The summed E-state index contributed by atoms with van der Waals surface area (Å²) in [7, 11) is -3.31. The Labute approximate surface area is 193 Å². The van der Waals surface area contributed by atoms with Crippen LogP contribution in [-0.2, 0) is 21.1 Å². The molecule has 174 valence electrons. The molecule has 3 heterocycles. The lowest BCUT2D eigenvalue weighted by Gasteiger charge is -2.32. The molecule has 0 N–H and O–H groups in total. The second-order valence-electron chi connectivity index (χ2n) is 8.88. The number of rotatable bonds is 4. The molecule has 0 radical (unpaired) electrons. The van der Waals surface area contributed by atoms with Gasteiger partial charge in [0, 0.05) is 5.69 Å². The van der Waals surface area contributed by atoms with Gasteiger partial charge in [-0.05, 0) is 48.7 Å². The summed E-state index contributed by atoms with van der Waals surface area (Å²) < 4.78 is 30.6. The van der Waals surface area contributed by atoms with Gasteiger partial charge >= 0.3 is 6.03 Å². The number of urea groups is 1. The molecule has 0 saturated carbocycles. The van der Waals surface area contributed by atoms with Crippen molar-refractivity contribution in [3.05, 3.63) is 53.6 Å². The van der Waals surface area contributed by atoms with Crippen molar-refractivity contribution < 1.29 is 22.7 Å². The first-order chi connectivity index (χ1) is 15.8. The molecule has 33 heavy (non-hydrogen) atoms. The van der Waals surface area contributed by atoms with Crippen molar-refractivity contribution in [2.45, 2.75) is 32.4 Å². The Morgan fingerprint density at radius 3 is 2.55 bits per heavy atom. The van der Waals surface area contributed by atoms with Crippen LogP contribution in [0.3, 0.4) is 0 Å². The van der Waals surface area contributed by atoms with Crippen molar-refractivity contribution in [2.75, 3.05) is 41.0 Å². The summed E-state index contributed by atoms with van der Waals surface area (Å²) in [6.07, 6.45) is 0.871. The molecule has 3 aliphatic heterocycles. The molecule has 0 spiro atoms. The van der Waals surface area contributed by atoms with E-state index in [0.29, 0.717) is 30.3 Å². The van der Waals surface area contributed by atoms with Gasteiger partial charge in [0.1, 0.15) is 18.9 Å². The highest BCUT2D eigenvalue weighted by Gasteiger charge is 2.54. The van der Waals surface area contributed by atoms with Crippen LogP contribution in [0, 0.1) is 6.92 Å². The number of fused-ring (bicyclic) bond motifs is 2. The van der Waals surface area contributed by atoms with Crippen LogP contribution < -0.4 is 14.5 Å². The van der Waals surface area contributed by atoms with Crippen molar-refractivity contribution >= 4 is 33.2 Å². The average molecular weight is 470 g/mol. The standard InChI is InChI=1S/C24H27N3O5S/c1-3-17-5-7-18(8-6-17)27-21-15-33(30,31)14-20(21)26(24(27)29)13-23(28)25-10-11-32-22-9-4-16(2)12-19(22)25/h4-9,12,20-21H,3,10-11,13-15H2,1-2H3/t20-,21-/m0/s1.